The summed E-state index contributed by atoms with van der Waals surface area (Å²) in [5, 5.41) is 73.7. The third-order valence-electron chi connectivity index (χ3n) is 19.5. The molecule has 16 N–H and O–H groups in total. The lowest BCUT2D eigenvalue weighted by Gasteiger charge is -2.57. The number of hydrogen-bond acceptors (Lipinski definition) is 23. The molecule has 1 heterocycles. The first-order valence-corrected chi connectivity index (χ1v) is 33.8. The number of ketones is 2. The van der Waals surface area contributed by atoms with Gasteiger partial charge in [-0.05, 0) is 143 Å². The van der Waals surface area contributed by atoms with Crippen LogP contribution in [0.3, 0.4) is 0 Å². The first-order chi connectivity index (χ1) is 45.7. The van der Waals surface area contributed by atoms with Crippen LogP contribution in [-0.2, 0) is 63.8 Å². The molecule has 0 spiro atoms. The molecule has 1 aromatic carbocycles. The lowest BCUT2D eigenvalue weighted by molar-refractivity contribution is -0.228. The number of carbonyl (C=O) groups excluding carboxylic acids is 8. The number of primary amides is 1. The van der Waals surface area contributed by atoms with Gasteiger partial charge in [-0.2, -0.15) is 10.2 Å². The summed E-state index contributed by atoms with van der Waals surface area (Å²) < 4.78 is 34.3. The zero-order valence-corrected chi connectivity index (χ0v) is 55.8. The highest BCUT2D eigenvalue weighted by Crippen LogP contribution is 2.65. The lowest BCUT2D eigenvalue weighted by Crippen LogP contribution is -2.57. The van der Waals surface area contributed by atoms with Gasteiger partial charge in [-0.3, -0.25) is 28.8 Å². The number of ether oxygens (including phenoxy) is 6. The molecule has 1 aliphatic heterocycles. The Morgan fingerprint density at radius 2 is 1.57 bits per heavy atom. The second-order valence-corrected chi connectivity index (χ2v) is 27.1. The van der Waals surface area contributed by atoms with Gasteiger partial charge in [0.25, 0.3) is 0 Å². The number of unbranched alkanes of at least 4 members (excludes halogenated alkanes) is 1. The largest absolute Gasteiger partial charge is 0.509 e. The minimum Gasteiger partial charge on any atom is -0.429 e. The van der Waals surface area contributed by atoms with Crippen LogP contribution in [0.2, 0.25) is 0 Å². The van der Waals surface area contributed by atoms with Crippen molar-refractivity contribution in [2.45, 2.75) is 224 Å². The van der Waals surface area contributed by atoms with E-state index in [2.05, 4.69) is 50.7 Å². The molecule has 4 fully saturated rings. The van der Waals surface area contributed by atoms with Crippen LogP contribution in [0.1, 0.15) is 149 Å². The molecule has 96 heavy (non-hydrogen) atoms. The van der Waals surface area contributed by atoms with Gasteiger partial charge >= 0.3 is 12.2 Å². The van der Waals surface area contributed by atoms with Crippen LogP contribution < -0.4 is 43.8 Å². The molecular weight excluding hydrogens is 1250 g/mol. The number of aliphatic hydroxyl groups is 5. The van der Waals surface area contributed by atoms with Crippen molar-refractivity contribution >= 4 is 53.1 Å². The highest BCUT2D eigenvalue weighted by atomic mass is 16.7. The van der Waals surface area contributed by atoms with Crippen LogP contribution >= 0.6 is 0 Å². The number of nitrogens with zero attached hydrogens (tertiary/aromatic N) is 2. The first-order valence-electron chi connectivity index (χ1n) is 33.8. The number of hydrogen-bond donors (Lipinski definition) is 13. The second kappa shape index (κ2) is 36.2. The van der Waals surface area contributed by atoms with Crippen LogP contribution in [-0.4, -0.2) is 186 Å². The van der Waals surface area contributed by atoms with Crippen molar-refractivity contribution in [3.05, 3.63) is 65.0 Å². The minimum atomic E-state index is -1.65. The normalized spacial score (nSPS) is 30.0. The number of aliphatic hydroxyl groups excluding tert-OH is 5. The summed E-state index contributed by atoms with van der Waals surface area (Å²) in [7, 11) is 0. The fourth-order valence-electron chi connectivity index (χ4n) is 14.3. The summed E-state index contributed by atoms with van der Waals surface area (Å²) in [4.78, 5) is 103. The van der Waals surface area contributed by atoms with Gasteiger partial charge in [-0.25, -0.2) is 9.59 Å². The quantitative estimate of drug-likeness (QED) is 0.0208. The van der Waals surface area contributed by atoms with Crippen molar-refractivity contribution in [1.29, 1.82) is 0 Å². The van der Waals surface area contributed by atoms with Gasteiger partial charge in [-0.15, -0.1) is 0 Å². The highest BCUT2D eigenvalue weighted by Gasteiger charge is 2.61. The Morgan fingerprint density at radius 3 is 2.29 bits per heavy atom. The molecule has 5 aliphatic carbocycles. The number of amides is 6. The number of urea groups is 1. The average Bonchev–Trinajstić information content (AvgIpc) is 1.34. The summed E-state index contributed by atoms with van der Waals surface area (Å²) in [6.45, 7) is 7.93. The standard InChI is InChI=1S/C67H102N10O19/c1-6-13-53(95-43-29-45-44-23-20-39-28-41(79)24-25-67(39,5)54(44)49(81)31-66(45,4)30-43)92-34-42(80)35-94-65(90)93-33-38-18-21-40(22-19-38)73-61(87)48(16-12-27-72-64(70)89)74-62(88)55(37(2)3)75-60(86)47(69)15-10-11-26-71-52(82)36-91-50-17-9-7-8-14-46(68)56(50)76-77-63-59(85)58(84)57(83)51(32-78)96-63/h18-19,21-22,24-25,28,37,43-45,47-51,53-55,57-59,63,78,81,83-85H,6-17,20,23,26-27,29-36,68-69H2,1-5H3,(H,71,82)(H,73,87)(H,74,88)(H,75,86)(H3,70,72,89)/b56-46-,77-76-/t43?,44?,45?,47-,48+,49+,50?,51-,53?,54?,55+,57+,58+,59-,63-,66+,67?/m1/s1. The van der Waals surface area contributed by atoms with Crippen molar-refractivity contribution in [1.82, 2.24) is 21.3 Å². The summed E-state index contributed by atoms with van der Waals surface area (Å²) in [6.07, 6.45) is 4.53. The van der Waals surface area contributed by atoms with Gasteiger partial charge in [0, 0.05) is 35.8 Å². The molecular formula is C67H102N10O19. The molecule has 17 atom stereocenters. The van der Waals surface area contributed by atoms with E-state index >= 15 is 0 Å². The number of allylic oxidation sites excluding steroid dienone is 5. The number of fused-ring (bicyclic) bond motifs is 5. The number of anilines is 1. The topological polar surface area (TPSA) is 456 Å². The molecule has 29 nitrogen and oxygen atoms in total. The zero-order valence-electron chi connectivity index (χ0n) is 55.8. The number of nitrogens with one attached hydrogen (secondary N) is 5. The number of carbonyl (C=O) groups is 8. The van der Waals surface area contributed by atoms with E-state index in [1.165, 1.54) is 0 Å². The molecule has 0 aromatic heterocycles. The van der Waals surface area contributed by atoms with Gasteiger partial charge in [0.05, 0.1) is 24.9 Å². The molecule has 1 aromatic rings. The highest BCUT2D eigenvalue weighted by molar-refractivity contribution is 6.01. The molecule has 1 saturated heterocycles. The lowest BCUT2D eigenvalue weighted by atomic mass is 9.47. The van der Waals surface area contributed by atoms with E-state index in [0.29, 0.717) is 61.4 Å². The SMILES string of the molecule is CCCC(OCC(=O)COC(=O)OCc1ccc(NC(=O)[C@H](CCCNC(N)=O)NC(=O)[C@@H](NC(=O)[C@H](N)CCCCNC(=O)COC2CCCCC/C(N)=C2/N=N\[C@@H]2O[C@H](CO)[C@H](O)[C@H](O)[C@H]2O)C(C)C)cc1)OC1CC2C3CCC4=CC(=O)C=CC4(C)C3[C@@H](O)C[C@]2(C)C1. The summed E-state index contributed by atoms with van der Waals surface area (Å²) in [5.41, 5.74) is 19.9. The molecule has 3 saturated carbocycles. The maximum Gasteiger partial charge on any atom is 0.509 e. The number of azo groups is 1. The molecule has 7 unspecified atom stereocenters. The Labute approximate surface area is 560 Å². The molecule has 6 amide bonds. The van der Waals surface area contributed by atoms with Crippen molar-refractivity contribution in [2.75, 3.05) is 44.8 Å². The Kier molecular flexibility index (Phi) is 28.8. The third-order valence-corrected chi connectivity index (χ3v) is 19.5. The summed E-state index contributed by atoms with van der Waals surface area (Å²) in [6, 6.07) is 2.20. The molecule has 29 heteroatoms. The summed E-state index contributed by atoms with van der Waals surface area (Å²) >= 11 is 0. The van der Waals surface area contributed by atoms with Crippen molar-refractivity contribution in [2.24, 2.45) is 61.9 Å². The van der Waals surface area contributed by atoms with E-state index < -0.39 is 128 Å². The van der Waals surface area contributed by atoms with Gasteiger partial charge in [0.15, 0.2) is 30.7 Å². The van der Waals surface area contributed by atoms with Crippen LogP contribution in [0, 0.1) is 34.5 Å². The summed E-state index contributed by atoms with van der Waals surface area (Å²) in [5.74, 6) is -2.72. The molecule has 7 rings (SSSR count). The van der Waals surface area contributed by atoms with E-state index in [1.54, 1.807) is 50.3 Å². The second-order valence-electron chi connectivity index (χ2n) is 27.1. The van der Waals surface area contributed by atoms with Gasteiger partial charge in [-0.1, -0.05) is 77.7 Å². The van der Waals surface area contributed by atoms with Crippen LogP contribution in [0.25, 0.3) is 0 Å². The van der Waals surface area contributed by atoms with Crippen molar-refractivity contribution in [3.8, 4) is 0 Å². The van der Waals surface area contributed by atoms with Gasteiger partial charge in [0.2, 0.25) is 23.6 Å². The first kappa shape index (κ1) is 76.6. The van der Waals surface area contributed by atoms with Crippen molar-refractivity contribution < 1.29 is 92.3 Å². The number of Topliss-reactive ketones (excluding diaryl/α,β-unsaturated/α-hetero) is 1. The molecule has 0 bridgehead atoms. The predicted molar refractivity (Wildman–Crippen MR) is 347 cm³/mol. The number of rotatable bonds is 33. The molecule has 6 aliphatic rings. The average molecular weight is 1350 g/mol. The molecule has 0 radical (unpaired) electrons. The van der Waals surface area contributed by atoms with Crippen LogP contribution in [0.15, 0.2) is 69.7 Å². The van der Waals surface area contributed by atoms with Gasteiger partial charge < -0.3 is 97.7 Å². The van der Waals surface area contributed by atoms with E-state index in [1.807, 2.05) is 13.0 Å². The Balaban J connectivity index is 0.806. The Bertz CT molecular complexity index is 2960. The predicted octanol–water partition coefficient (Wildman–Crippen LogP) is 3.11. The molecule has 534 valence electrons. The van der Waals surface area contributed by atoms with Crippen molar-refractivity contribution in [3.63, 3.8) is 0 Å². The fraction of sp³-hybridized carbons (Fsp3) is 0.701. The maximum atomic E-state index is 13.9. The smallest absolute Gasteiger partial charge is 0.429 e. The maximum absolute atomic E-state index is 13.9. The van der Waals surface area contributed by atoms with Gasteiger partial charge in [0.1, 0.15) is 68.1 Å². The fourth-order valence-corrected chi connectivity index (χ4v) is 14.3. The van der Waals surface area contributed by atoms with Crippen LogP contribution in [0.5, 0.6) is 0 Å². The third kappa shape index (κ3) is 21.1. The number of nitrogens with two attached hydrogens (primary N) is 3. The monoisotopic (exact) mass is 1350 g/mol. The van der Waals surface area contributed by atoms with E-state index in [-0.39, 0.29) is 92.4 Å². The van der Waals surface area contributed by atoms with E-state index in [0.717, 1.165) is 56.9 Å². The van der Waals surface area contributed by atoms with Crippen LogP contribution in [0.4, 0.5) is 15.3 Å². The van der Waals surface area contributed by atoms with E-state index in [4.69, 9.17) is 45.6 Å². The van der Waals surface area contributed by atoms with E-state index in [9.17, 15) is 63.9 Å². The Morgan fingerprint density at radius 1 is 0.823 bits per heavy atom. The Hall–Kier alpha value is -6.80. The minimum absolute atomic E-state index is 0.00326. The number of benzene rings is 1. The zero-order chi connectivity index (χ0) is 69.9.